The van der Waals surface area contributed by atoms with Gasteiger partial charge in [0.15, 0.2) is 0 Å². The van der Waals surface area contributed by atoms with Crippen molar-refractivity contribution < 1.29 is 13.9 Å². The molecule has 98 valence electrons. The second-order valence-electron chi connectivity index (χ2n) is 4.79. The van der Waals surface area contributed by atoms with E-state index in [1.807, 2.05) is 0 Å². The van der Waals surface area contributed by atoms with E-state index in [4.69, 9.17) is 11.6 Å². The van der Waals surface area contributed by atoms with Crippen LogP contribution in [0, 0.1) is 11.6 Å². The maximum Gasteiger partial charge on any atom is 0.131 e. The van der Waals surface area contributed by atoms with E-state index in [2.05, 4.69) is 0 Å². The summed E-state index contributed by atoms with van der Waals surface area (Å²) >= 11 is 5.72. The highest BCUT2D eigenvalue weighted by Gasteiger charge is 2.40. The first-order valence-corrected chi connectivity index (χ1v) is 6.35. The Balaban J connectivity index is 2.16. The van der Waals surface area contributed by atoms with E-state index in [0.29, 0.717) is 18.4 Å². The standard InChI is InChI=1S/C15H11ClF2O/c16-10-1-3-13(14(18)8-10)15(19)6-5-9-7-11(17)2-4-12(9)15/h1-4,7-8,19H,5-6H2. The molecule has 2 aromatic rings. The van der Waals surface area contributed by atoms with E-state index in [0.717, 1.165) is 5.56 Å². The van der Waals surface area contributed by atoms with Crippen LogP contribution in [0.1, 0.15) is 23.1 Å². The number of hydrogen-bond acceptors (Lipinski definition) is 1. The SMILES string of the molecule is OC1(c2ccc(Cl)cc2F)CCc2cc(F)ccc21. The number of fused-ring (bicyclic) bond motifs is 1. The summed E-state index contributed by atoms with van der Waals surface area (Å²) in [5.41, 5.74) is 0.0618. The summed E-state index contributed by atoms with van der Waals surface area (Å²) in [5, 5.41) is 11.1. The third-order valence-corrected chi connectivity index (χ3v) is 3.88. The highest BCUT2D eigenvalue weighted by Crippen LogP contribution is 2.43. The minimum absolute atomic E-state index is 0.183. The molecular weight excluding hydrogens is 270 g/mol. The van der Waals surface area contributed by atoms with Crippen LogP contribution in [0.15, 0.2) is 36.4 Å². The summed E-state index contributed by atoms with van der Waals surface area (Å²) in [6.45, 7) is 0. The number of aryl methyl sites for hydroxylation is 1. The lowest BCUT2D eigenvalue weighted by atomic mass is 9.87. The molecule has 0 aliphatic heterocycles. The lowest BCUT2D eigenvalue weighted by molar-refractivity contribution is 0.0789. The first-order chi connectivity index (χ1) is 9.00. The summed E-state index contributed by atoms with van der Waals surface area (Å²) in [6.07, 6.45) is 0.857. The lowest BCUT2D eigenvalue weighted by Crippen LogP contribution is -2.25. The number of halogens is 3. The molecule has 0 saturated carbocycles. The van der Waals surface area contributed by atoms with Gasteiger partial charge in [-0.15, -0.1) is 0 Å². The summed E-state index contributed by atoms with van der Waals surface area (Å²) in [6, 6.07) is 8.39. The van der Waals surface area contributed by atoms with E-state index in [-0.39, 0.29) is 16.4 Å². The van der Waals surface area contributed by atoms with E-state index in [9.17, 15) is 13.9 Å². The van der Waals surface area contributed by atoms with Crippen LogP contribution in [0.3, 0.4) is 0 Å². The number of rotatable bonds is 1. The third kappa shape index (κ3) is 1.94. The summed E-state index contributed by atoms with van der Waals surface area (Å²) < 4.78 is 27.2. The fraction of sp³-hybridized carbons (Fsp3) is 0.200. The first kappa shape index (κ1) is 12.6. The molecule has 0 spiro atoms. The van der Waals surface area contributed by atoms with Crippen LogP contribution in [-0.2, 0) is 12.0 Å². The Morgan fingerprint density at radius 3 is 2.53 bits per heavy atom. The van der Waals surface area contributed by atoms with Crippen LogP contribution in [0.5, 0.6) is 0 Å². The molecule has 0 amide bonds. The Bertz CT molecular complexity index is 657. The van der Waals surface area contributed by atoms with Crippen molar-refractivity contribution in [2.24, 2.45) is 0 Å². The smallest absolute Gasteiger partial charge is 0.131 e. The van der Waals surface area contributed by atoms with Crippen molar-refractivity contribution in [3.63, 3.8) is 0 Å². The Morgan fingerprint density at radius 2 is 1.79 bits per heavy atom. The molecule has 1 aliphatic rings. The topological polar surface area (TPSA) is 20.2 Å². The van der Waals surface area contributed by atoms with E-state index in [1.165, 1.54) is 30.3 Å². The molecule has 1 aliphatic carbocycles. The van der Waals surface area contributed by atoms with Crippen molar-refractivity contribution in [1.29, 1.82) is 0 Å². The fourth-order valence-corrected chi connectivity index (χ4v) is 2.89. The van der Waals surface area contributed by atoms with Gasteiger partial charge in [-0.25, -0.2) is 8.78 Å². The Hall–Kier alpha value is -1.45. The lowest BCUT2D eigenvalue weighted by Gasteiger charge is -2.25. The van der Waals surface area contributed by atoms with Gasteiger partial charge in [0.05, 0.1) is 0 Å². The maximum atomic E-state index is 14.0. The summed E-state index contributed by atoms with van der Waals surface area (Å²) in [4.78, 5) is 0. The summed E-state index contributed by atoms with van der Waals surface area (Å²) in [5.74, 6) is -0.897. The van der Waals surface area contributed by atoms with Crippen LogP contribution in [0.4, 0.5) is 8.78 Å². The van der Waals surface area contributed by atoms with Gasteiger partial charge in [0.1, 0.15) is 17.2 Å². The zero-order chi connectivity index (χ0) is 13.6. The minimum Gasteiger partial charge on any atom is -0.380 e. The largest absolute Gasteiger partial charge is 0.380 e. The van der Waals surface area contributed by atoms with Crippen LogP contribution in [-0.4, -0.2) is 5.11 Å². The fourth-order valence-electron chi connectivity index (χ4n) is 2.73. The number of hydrogen-bond donors (Lipinski definition) is 1. The van der Waals surface area contributed by atoms with Crippen LogP contribution in [0.2, 0.25) is 5.02 Å². The van der Waals surface area contributed by atoms with Gasteiger partial charge < -0.3 is 5.11 Å². The monoisotopic (exact) mass is 280 g/mol. The zero-order valence-corrected chi connectivity index (χ0v) is 10.7. The molecule has 0 fully saturated rings. The highest BCUT2D eigenvalue weighted by molar-refractivity contribution is 6.30. The van der Waals surface area contributed by atoms with Gasteiger partial charge in [-0.3, -0.25) is 0 Å². The quantitative estimate of drug-likeness (QED) is 0.842. The molecule has 1 unspecified atom stereocenters. The molecule has 19 heavy (non-hydrogen) atoms. The molecule has 0 radical (unpaired) electrons. The molecule has 2 aromatic carbocycles. The average Bonchev–Trinajstić information content (AvgIpc) is 2.67. The van der Waals surface area contributed by atoms with Crippen LogP contribution >= 0.6 is 11.6 Å². The number of aliphatic hydroxyl groups is 1. The molecule has 4 heteroatoms. The molecule has 3 rings (SSSR count). The average molecular weight is 281 g/mol. The van der Waals surface area contributed by atoms with Crippen molar-refractivity contribution in [3.8, 4) is 0 Å². The second-order valence-corrected chi connectivity index (χ2v) is 5.22. The van der Waals surface area contributed by atoms with E-state index in [1.54, 1.807) is 6.07 Å². The second kappa shape index (κ2) is 4.29. The number of benzene rings is 2. The van der Waals surface area contributed by atoms with Crippen molar-refractivity contribution in [3.05, 3.63) is 69.7 Å². The van der Waals surface area contributed by atoms with Gasteiger partial charge >= 0.3 is 0 Å². The van der Waals surface area contributed by atoms with Crippen LogP contribution in [0.25, 0.3) is 0 Å². The molecule has 1 nitrogen and oxygen atoms in total. The van der Waals surface area contributed by atoms with Crippen LogP contribution < -0.4 is 0 Å². The predicted molar refractivity (Wildman–Crippen MR) is 69.1 cm³/mol. The van der Waals surface area contributed by atoms with Crippen molar-refractivity contribution in [2.45, 2.75) is 18.4 Å². The predicted octanol–water partition coefficient (Wildman–Crippen LogP) is 3.80. The maximum absolute atomic E-state index is 14.0. The Labute approximate surface area is 114 Å². The van der Waals surface area contributed by atoms with Gasteiger partial charge in [0.25, 0.3) is 0 Å². The molecule has 0 saturated heterocycles. The van der Waals surface area contributed by atoms with Crippen molar-refractivity contribution in [1.82, 2.24) is 0 Å². The summed E-state index contributed by atoms with van der Waals surface area (Å²) in [7, 11) is 0. The Morgan fingerprint density at radius 1 is 1.05 bits per heavy atom. The minimum atomic E-state index is -1.41. The molecule has 0 bridgehead atoms. The van der Waals surface area contributed by atoms with Gasteiger partial charge in [-0.1, -0.05) is 23.7 Å². The van der Waals surface area contributed by atoms with Gasteiger partial charge in [0, 0.05) is 10.6 Å². The van der Waals surface area contributed by atoms with E-state index >= 15 is 0 Å². The molecular formula is C15H11ClF2O. The molecule has 1 atom stereocenters. The first-order valence-electron chi connectivity index (χ1n) is 5.97. The van der Waals surface area contributed by atoms with Crippen molar-refractivity contribution >= 4 is 11.6 Å². The van der Waals surface area contributed by atoms with Gasteiger partial charge in [-0.05, 0) is 48.2 Å². The highest BCUT2D eigenvalue weighted by atomic mass is 35.5. The van der Waals surface area contributed by atoms with Crippen molar-refractivity contribution in [2.75, 3.05) is 0 Å². The Kier molecular flexibility index (Phi) is 2.84. The molecule has 1 N–H and O–H groups in total. The van der Waals surface area contributed by atoms with E-state index < -0.39 is 11.4 Å². The zero-order valence-electron chi connectivity index (χ0n) is 9.96. The molecule has 0 aromatic heterocycles. The molecule has 0 heterocycles. The third-order valence-electron chi connectivity index (χ3n) is 3.65. The normalized spacial score (nSPS) is 21.5. The van der Waals surface area contributed by atoms with Gasteiger partial charge in [-0.2, -0.15) is 0 Å². The van der Waals surface area contributed by atoms with Gasteiger partial charge in [0.2, 0.25) is 0 Å².